The van der Waals surface area contributed by atoms with Crippen LogP contribution in [0.2, 0.25) is 5.02 Å². The molecule has 0 bridgehead atoms. The van der Waals surface area contributed by atoms with Crippen molar-refractivity contribution in [3.8, 4) is 11.5 Å². The minimum absolute atomic E-state index is 0.138. The summed E-state index contributed by atoms with van der Waals surface area (Å²) in [5, 5.41) is 3.29. The normalized spacial score (nSPS) is 14.8. The Labute approximate surface area is 220 Å². The average molecular weight is 525 g/mol. The molecule has 1 aliphatic rings. The van der Waals surface area contributed by atoms with E-state index in [0.29, 0.717) is 29.7 Å². The van der Waals surface area contributed by atoms with Crippen LogP contribution in [0.4, 0.5) is 11.6 Å². The minimum Gasteiger partial charge on any atom is -0.497 e. The Balaban J connectivity index is 1.44. The first kappa shape index (κ1) is 26.2. The number of benzene rings is 2. The van der Waals surface area contributed by atoms with E-state index in [1.54, 1.807) is 43.4 Å². The van der Waals surface area contributed by atoms with Crippen LogP contribution in [-0.2, 0) is 9.53 Å². The largest absolute Gasteiger partial charge is 0.497 e. The molecule has 10 heteroatoms. The SMILES string of the molecule is COc1ccc(C2CCCN2C(=O)COC(=O)c2cc(Nc3nc(C)cc(C)n3)ccc2Cl)c(OC)c1. The number of hydrogen-bond acceptors (Lipinski definition) is 8. The van der Waals surface area contributed by atoms with Crippen LogP contribution >= 0.6 is 11.6 Å². The van der Waals surface area contributed by atoms with E-state index in [4.69, 9.17) is 25.8 Å². The number of rotatable bonds is 8. The molecule has 2 aromatic carbocycles. The van der Waals surface area contributed by atoms with Crippen LogP contribution in [0.25, 0.3) is 0 Å². The van der Waals surface area contributed by atoms with Crippen LogP contribution in [-0.4, -0.2) is 54.1 Å². The predicted molar refractivity (Wildman–Crippen MR) is 140 cm³/mol. The van der Waals surface area contributed by atoms with Gasteiger partial charge < -0.3 is 24.4 Å². The molecule has 3 aromatic rings. The molecule has 1 atom stereocenters. The first-order chi connectivity index (χ1) is 17.8. The van der Waals surface area contributed by atoms with Gasteiger partial charge in [0.2, 0.25) is 5.95 Å². The van der Waals surface area contributed by atoms with Crippen molar-refractivity contribution in [2.75, 3.05) is 32.7 Å². The average Bonchev–Trinajstić information content (AvgIpc) is 3.37. The smallest absolute Gasteiger partial charge is 0.340 e. The van der Waals surface area contributed by atoms with Crippen LogP contribution in [0.5, 0.6) is 11.5 Å². The van der Waals surface area contributed by atoms with Crippen molar-refractivity contribution >= 4 is 35.1 Å². The number of carbonyl (C=O) groups excluding carboxylic acids is 2. The van der Waals surface area contributed by atoms with E-state index in [1.165, 1.54) is 0 Å². The Morgan fingerprint density at radius 3 is 2.51 bits per heavy atom. The fourth-order valence-electron chi connectivity index (χ4n) is 4.44. The van der Waals surface area contributed by atoms with E-state index in [1.807, 2.05) is 32.0 Å². The Morgan fingerprint density at radius 1 is 1.05 bits per heavy atom. The molecule has 4 rings (SSSR count). The number of halogens is 1. The third-order valence-electron chi connectivity index (χ3n) is 6.12. The number of methoxy groups -OCH3 is 2. The summed E-state index contributed by atoms with van der Waals surface area (Å²) in [6.07, 6.45) is 1.61. The van der Waals surface area contributed by atoms with Crippen molar-refractivity contribution in [3.05, 3.63) is 70.0 Å². The number of likely N-dealkylation sites (tertiary alicyclic amines) is 1. The van der Waals surface area contributed by atoms with Crippen molar-refractivity contribution in [1.29, 1.82) is 0 Å². The van der Waals surface area contributed by atoms with Crippen LogP contribution in [0, 0.1) is 13.8 Å². The Morgan fingerprint density at radius 2 is 1.81 bits per heavy atom. The van der Waals surface area contributed by atoms with Gasteiger partial charge in [-0.3, -0.25) is 4.79 Å². The van der Waals surface area contributed by atoms with Crippen LogP contribution in [0.15, 0.2) is 42.5 Å². The summed E-state index contributed by atoms with van der Waals surface area (Å²) in [7, 11) is 3.17. The molecule has 1 aliphatic heterocycles. The van der Waals surface area contributed by atoms with Gasteiger partial charge >= 0.3 is 5.97 Å². The lowest BCUT2D eigenvalue weighted by molar-refractivity contribution is -0.135. The molecule has 1 saturated heterocycles. The lowest BCUT2D eigenvalue weighted by atomic mass is 10.0. The molecule has 37 heavy (non-hydrogen) atoms. The number of amides is 1. The molecule has 1 N–H and O–H groups in total. The molecular weight excluding hydrogens is 496 g/mol. The fraction of sp³-hybridized carbons (Fsp3) is 0.333. The third-order valence-corrected chi connectivity index (χ3v) is 6.45. The van der Waals surface area contributed by atoms with Gasteiger partial charge in [-0.1, -0.05) is 11.6 Å². The van der Waals surface area contributed by atoms with Gasteiger partial charge in [0.05, 0.1) is 30.8 Å². The van der Waals surface area contributed by atoms with Crippen molar-refractivity contribution < 1.29 is 23.8 Å². The third kappa shape index (κ3) is 6.11. The number of hydrogen-bond donors (Lipinski definition) is 1. The van der Waals surface area contributed by atoms with Crippen LogP contribution in [0.1, 0.15) is 46.2 Å². The molecule has 1 amide bonds. The van der Waals surface area contributed by atoms with Gasteiger partial charge in [-0.15, -0.1) is 0 Å². The zero-order valence-corrected chi connectivity index (χ0v) is 22.0. The number of nitrogens with one attached hydrogen (secondary N) is 1. The second kappa shape index (κ2) is 11.5. The number of aryl methyl sites for hydroxylation is 2. The maximum atomic E-state index is 13.1. The number of nitrogens with zero attached hydrogens (tertiary/aromatic N) is 3. The first-order valence-corrected chi connectivity index (χ1v) is 12.2. The molecule has 0 aliphatic carbocycles. The summed E-state index contributed by atoms with van der Waals surface area (Å²) >= 11 is 6.27. The van der Waals surface area contributed by atoms with Crippen molar-refractivity contribution in [3.63, 3.8) is 0 Å². The fourth-order valence-corrected chi connectivity index (χ4v) is 4.64. The van der Waals surface area contributed by atoms with Crippen LogP contribution < -0.4 is 14.8 Å². The van der Waals surface area contributed by atoms with E-state index in [-0.39, 0.29) is 22.5 Å². The highest BCUT2D eigenvalue weighted by Gasteiger charge is 2.32. The molecule has 9 nitrogen and oxygen atoms in total. The van der Waals surface area contributed by atoms with Gasteiger partial charge in [-0.2, -0.15) is 0 Å². The van der Waals surface area contributed by atoms with Gasteiger partial charge in [0.1, 0.15) is 11.5 Å². The molecular formula is C27H29ClN4O5. The van der Waals surface area contributed by atoms with E-state index in [0.717, 1.165) is 29.8 Å². The zero-order valence-electron chi connectivity index (χ0n) is 21.2. The molecule has 0 spiro atoms. The van der Waals surface area contributed by atoms with Crippen molar-refractivity contribution in [2.45, 2.75) is 32.7 Å². The van der Waals surface area contributed by atoms with Crippen molar-refractivity contribution in [2.24, 2.45) is 0 Å². The lowest BCUT2D eigenvalue weighted by Gasteiger charge is -2.26. The molecule has 0 radical (unpaired) electrons. The Kier molecular flexibility index (Phi) is 8.13. The zero-order chi connectivity index (χ0) is 26.5. The summed E-state index contributed by atoms with van der Waals surface area (Å²) in [5.74, 6) is 0.736. The molecule has 1 unspecified atom stereocenters. The monoisotopic (exact) mass is 524 g/mol. The first-order valence-electron chi connectivity index (χ1n) is 11.9. The Bertz CT molecular complexity index is 1300. The highest BCUT2D eigenvalue weighted by atomic mass is 35.5. The number of anilines is 2. The summed E-state index contributed by atoms with van der Waals surface area (Å²) in [5.41, 5.74) is 3.22. The maximum Gasteiger partial charge on any atom is 0.340 e. The minimum atomic E-state index is -0.693. The highest BCUT2D eigenvalue weighted by Crippen LogP contribution is 2.38. The maximum absolute atomic E-state index is 13.1. The topological polar surface area (TPSA) is 103 Å². The standard InChI is InChI=1S/C27H29ClN4O5/c1-16-12-17(2)30-27(29-16)31-18-7-10-22(28)21(13-18)26(34)37-15-25(33)32-11-5-6-23(32)20-9-8-19(35-3)14-24(20)36-4/h7-10,12-14,23H,5-6,11,15H2,1-4H3,(H,29,30,31). The molecule has 194 valence electrons. The highest BCUT2D eigenvalue weighted by molar-refractivity contribution is 6.33. The van der Waals surface area contributed by atoms with Gasteiger partial charge in [0.25, 0.3) is 5.91 Å². The molecule has 0 saturated carbocycles. The van der Waals surface area contributed by atoms with Gasteiger partial charge in [0, 0.05) is 35.2 Å². The Hall–Kier alpha value is -3.85. The number of ether oxygens (including phenoxy) is 3. The second-order valence-electron chi connectivity index (χ2n) is 8.72. The molecule has 2 heterocycles. The second-order valence-corrected chi connectivity index (χ2v) is 9.13. The predicted octanol–water partition coefficient (Wildman–Crippen LogP) is 5.03. The summed E-state index contributed by atoms with van der Waals surface area (Å²) < 4.78 is 16.2. The lowest BCUT2D eigenvalue weighted by Crippen LogP contribution is -2.34. The summed E-state index contributed by atoms with van der Waals surface area (Å²) in [6.45, 7) is 3.91. The number of esters is 1. The van der Waals surface area contributed by atoms with Crippen LogP contribution in [0.3, 0.4) is 0 Å². The van der Waals surface area contributed by atoms with E-state index >= 15 is 0 Å². The van der Waals surface area contributed by atoms with Gasteiger partial charge in [0.15, 0.2) is 6.61 Å². The molecule has 1 fully saturated rings. The summed E-state index contributed by atoms with van der Waals surface area (Å²) in [6, 6.07) is 12.1. The van der Waals surface area contributed by atoms with Crippen molar-refractivity contribution in [1.82, 2.24) is 14.9 Å². The van der Waals surface area contributed by atoms with E-state index in [2.05, 4.69) is 15.3 Å². The number of aromatic nitrogens is 2. The van der Waals surface area contributed by atoms with E-state index < -0.39 is 12.6 Å². The van der Waals surface area contributed by atoms with Gasteiger partial charge in [-0.05, 0) is 63.1 Å². The van der Waals surface area contributed by atoms with E-state index in [9.17, 15) is 9.59 Å². The number of carbonyl (C=O) groups is 2. The van der Waals surface area contributed by atoms with Gasteiger partial charge in [-0.25, -0.2) is 14.8 Å². The molecule has 1 aromatic heterocycles. The quantitative estimate of drug-likeness (QED) is 0.409. The summed E-state index contributed by atoms with van der Waals surface area (Å²) in [4.78, 5) is 36.3.